The Morgan fingerprint density at radius 3 is 2.56 bits per heavy atom. The summed E-state index contributed by atoms with van der Waals surface area (Å²) in [6.45, 7) is 4.41. The molecule has 0 aliphatic carbocycles. The SMILES string of the molecule is Cc1cc(NC(=O)C(=O)N2CCN(C)CC2)no1. The normalized spacial score (nSPS) is 16.7. The Morgan fingerprint density at radius 1 is 1.33 bits per heavy atom. The minimum Gasteiger partial charge on any atom is -0.360 e. The average Bonchev–Trinajstić information content (AvgIpc) is 2.75. The maximum atomic E-state index is 11.9. The van der Waals surface area contributed by atoms with Gasteiger partial charge in [0.2, 0.25) is 0 Å². The fourth-order valence-corrected chi connectivity index (χ4v) is 1.75. The van der Waals surface area contributed by atoms with Crippen LogP contribution in [0.4, 0.5) is 5.82 Å². The summed E-state index contributed by atoms with van der Waals surface area (Å²) in [5.74, 6) is -0.353. The topological polar surface area (TPSA) is 78.7 Å². The minimum atomic E-state index is -0.673. The zero-order valence-electron chi connectivity index (χ0n) is 10.5. The number of nitrogens with one attached hydrogen (secondary N) is 1. The van der Waals surface area contributed by atoms with E-state index in [1.807, 2.05) is 7.05 Å². The van der Waals surface area contributed by atoms with E-state index in [1.165, 1.54) is 0 Å². The van der Waals surface area contributed by atoms with Crippen molar-refractivity contribution in [1.29, 1.82) is 0 Å². The van der Waals surface area contributed by atoms with E-state index < -0.39 is 11.8 Å². The van der Waals surface area contributed by atoms with Crippen LogP contribution in [0.1, 0.15) is 5.76 Å². The highest BCUT2D eigenvalue weighted by atomic mass is 16.5. The summed E-state index contributed by atoms with van der Waals surface area (Å²) >= 11 is 0. The third-order valence-corrected chi connectivity index (χ3v) is 2.85. The van der Waals surface area contributed by atoms with E-state index in [2.05, 4.69) is 15.4 Å². The number of carbonyl (C=O) groups is 2. The van der Waals surface area contributed by atoms with Crippen LogP contribution in [0.3, 0.4) is 0 Å². The van der Waals surface area contributed by atoms with E-state index in [4.69, 9.17) is 4.52 Å². The van der Waals surface area contributed by atoms with Crippen LogP contribution in [0.2, 0.25) is 0 Å². The third kappa shape index (κ3) is 2.86. The third-order valence-electron chi connectivity index (χ3n) is 2.85. The molecular weight excluding hydrogens is 236 g/mol. The summed E-state index contributed by atoms with van der Waals surface area (Å²) in [4.78, 5) is 27.2. The lowest BCUT2D eigenvalue weighted by Gasteiger charge is -2.31. The van der Waals surface area contributed by atoms with Crippen LogP contribution >= 0.6 is 0 Å². The maximum Gasteiger partial charge on any atom is 0.315 e. The van der Waals surface area contributed by atoms with E-state index in [1.54, 1.807) is 17.9 Å². The summed E-state index contributed by atoms with van der Waals surface area (Å²) in [5, 5.41) is 6.03. The second-order valence-electron chi connectivity index (χ2n) is 4.37. The first-order valence-corrected chi connectivity index (χ1v) is 5.78. The maximum absolute atomic E-state index is 11.9. The Labute approximate surface area is 105 Å². The van der Waals surface area contributed by atoms with Crippen molar-refractivity contribution in [2.75, 3.05) is 38.5 Å². The molecule has 0 atom stereocenters. The molecule has 1 aliphatic heterocycles. The predicted molar refractivity (Wildman–Crippen MR) is 63.9 cm³/mol. The number of anilines is 1. The van der Waals surface area contributed by atoms with Crippen LogP contribution in [-0.2, 0) is 9.59 Å². The molecular formula is C11H16N4O3. The van der Waals surface area contributed by atoms with Crippen molar-refractivity contribution in [1.82, 2.24) is 15.0 Å². The lowest BCUT2D eigenvalue weighted by Crippen LogP contribution is -2.50. The lowest BCUT2D eigenvalue weighted by molar-refractivity contribution is -0.144. The van der Waals surface area contributed by atoms with Gasteiger partial charge in [0, 0.05) is 32.2 Å². The summed E-state index contributed by atoms with van der Waals surface area (Å²) in [5.41, 5.74) is 0. The van der Waals surface area contributed by atoms with E-state index >= 15 is 0 Å². The van der Waals surface area contributed by atoms with Crippen molar-refractivity contribution in [2.45, 2.75) is 6.92 Å². The quantitative estimate of drug-likeness (QED) is 0.694. The predicted octanol–water partition coefficient (Wildman–Crippen LogP) is -0.304. The van der Waals surface area contributed by atoms with Gasteiger partial charge in [-0.1, -0.05) is 5.16 Å². The number of amides is 2. The van der Waals surface area contributed by atoms with Crippen LogP contribution in [0, 0.1) is 6.92 Å². The molecule has 1 aromatic rings. The number of aromatic nitrogens is 1. The number of piperazine rings is 1. The van der Waals surface area contributed by atoms with Crippen molar-refractivity contribution in [3.05, 3.63) is 11.8 Å². The Morgan fingerprint density at radius 2 is 2.00 bits per heavy atom. The number of hydrogen-bond acceptors (Lipinski definition) is 5. The zero-order valence-corrected chi connectivity index (χ0v) is 10.5. The van der Waals surface area contributed by atoms with E-state index in [-0.39, 0.29) is 5.82 Å². The smallest absolute Gasteiger partial charge is 0.315 e. The molecule has 18 heavy (non-hydrogen) atoms. The molecule has 1 aliphatic rings. The minimum absolute atomic E-state index is 0.264. The highest BCUT2D eigenvalue weighted by Gasteiger charge is 2.25. The molecule has 1 aromatic heterocycles. The average molecular weight is 252 g/mol. The number of rotatable bonds is 1. The first-order chi connectivity index (χ1) is 8.56. The van der Waals surface area contributed by atoms with Crippen LogP contribution < -0.4 is 5.32 Å². The molecule has 2 heterocycles. The van der Waals surface area contributed by atoms with E-state index in [0.717, 1.165) is 13.1 Å². The molecule has 7 nitrogen and oxygen atoms in total. The summed E-state index contributed by atoms with van der Waals surface area (Å²) < 4.78 is 4.81. The molecule has 0 saturated carbocycles. The largest absolute Gasteiger partial charge is 0.360 e. The number of aryl methyl sites for hydroxylation is 1. The number of hydrogen-bond donors (Lipinski definition) is 1. The molecule has 0 unspecified atom stereocenters. The van der Waals surface area contributed by atoms with Gasteiger partial charge in [0.05, 0.1) is 0 Å². The number of likely N-dealkylation sites (N-methyl/N-ethyl adjacent to an activating group) is 1. The van der Waals surface area contributed by atoms with Crippen molar-refractivity contribution in [2.24, 2.45) is 0 Å². The first-order valence-electron chi connectivity index (χ1n) is 5.78. The standard InChI is InChI=1S/C11H16N4O3/c1-8-7-9(13-18-8)12-10(16)11(17)15-5-3-14(2)4-6-15/h7H,3-6H2,1-2H3,(H,12,13,16). The Bertz CT molecular complexity index is 449. The summed E-state index contributed by atoms with van der Waals surface area (Å²) in [7, 11) is 1.99. The molecule has 0 radical (unpaired) electrons. The fourth-order valence-electron chi connectivity index (χ4n) is 1.75. The van der Waals surface area contributed by atoms with Crippen molar-refractivity contribution in [3.8, 4) is 0 Å². The monoisotopic (exact) mass is 252 g/mol. The molecule has 1 fully saturated rings. The van der Waals surface area contributed by atoms with Crippen LogP contribution in [0.25, 0.3) is 0 Å². The van der Waals surface area contributed by atoms with E-state index in [9.17, 15) is 9.59 Å². The molecule has 1 saturated heterocycles. The molecule has 0 aromatic carbocycles. The first kappa shape index (κ1) is 12.6. The second-order valence-corrected chi connectivity index (χ2v) is 4.37. The van der Waals surface area contributed by atoms with Gasteiger partial charge < -0.3 is 14.3 Å². The van der Waals surface area contributed by atoms with Gasteiger partial charge >= 0.3 is 11.8 Å². The van der Waals surface area contributed by atoms with Gasteiger partial charge in [-0.3, -0.25) is 14.9 Å². The van der Waals surface area contributed by atoms with E-state index in [0.29, 0.717) is 18.8 Å². The van der Waals surface area contributed by atoms with Crippen molar-refractivity contribution in [3.63, 3.8) is 0 Å². The second kappa shape index (κ2) is 5.18. The van der Waals surface area contributed by atoms with Gasteiger partial charge in [-0.05, 0) is 14.0 Å². The molecule has 0 spiro atoms. The molecule has 7 heteroatoms. The molecule has 1 N–H and O–H groups in total. The van der Waals surface area contributed by atoms with Crippen molar-refractivity contribution < 1.29 is 14.1 Å². The van der Waals surface area contributed by atoms with Gasteiger partial charge in [0.1, 0.15) is 5.76 Å². The van der Waals surface area contributed by atoms with Gasteiger partial charge in [0.25, 0.3) is 0 Å². The van der Waals surface area contributed by atoms with Crippen LogP contribution in [-0.4, -0.2) is 60.0 Å². The zero-order chi connectivity index (χ0) is 13.1. The fraction of sp³-hybridized carbons (Fsp3) is 0.545. The van der Waals surface area contributed by atoms with Crippen LogP contribution in [0.5, 0.6) is 0 Å². The Kier molecular flexibility index (Phi) is 3.61. The number of carbonyl (C=O) groups excluding carboxylic acids is 2. The molecule has 2 amide bonds. The van der Waals surface area contributed by atoms with Crippen LogP contribution in [0.15, 0.2) is 10.6 Å². The van der Waals surface area contributed by atoms with Gasteiger partial charge in [-0.2, -0.15) is 0 Å². The highest BCUT2D eigenvalue weighted by Crippen LogP contribution is 2.07. The molecule has 2 rings (SSSR count). The Balaban J connectivity index is 1.90. The number of nitrogens with zero attached hydrogens (tertiary/aromatic N) is 3. The molecule has 98 valence electrons. The highest BCUT2D eigenvalue weighted by molar-refractivity contribution is 6.39. The van der Waals surface area contributed by atoms with Gasteiger partial charge in [-0.15, -0.1) is 0 Å². The summed E-state index contributed by atoms with van der Waals surface area (Å²) in [6, 6.07) is 1.56. The molecule has 0 bridgehead atoms. The van der Waals surface area contributed by atoms with Gasteiger partial charge in [-0.25, -0.2) is 0 Å². The Hall–Kier alpha value is -1.89. The van der Waals surface area contributed by atoms with Crippen molar-refractivity contribution >= 4 is 17.6 Å². The summed E-state index contributed by atoms with van der Waals surface area (Å²) in [6.07, 6.45) is 0. The van der Waals surface area contributed by atoms with Gasteiger partial charge in [0.15, 0.2) is 5.82 Å². The lowest BCUT2D eigenvalue weighted by atomic mass is 10.3.